The molecule has 2 rings (SSSR count). The maximum absolute atomic E-state index is 12.8. The van der Waals surface area contributed by atoms with Crippen LogP contribution in [0.3, 0.4) is 0 Å². The van der Waals surface area contributed by atoms with Gasteiger partial charge in [0.25, 0.3) is 5.60 Å². The number of fused-ring (bicyclic) bond motifs is 1. The van der Waals surface area contributed by atoms with Gasteiger partial charge in [-0.3, -0.25) is 9.59 Å². The average molecular weight is 306 g/mol. The molecule has 0 aromatic heterocycles. The van der Waals surface area contributed by atoms with Crippen LogP contribution >= 0.6 is 0 Å². The third-order valence-electron chi connectivity index (χ3n) is 3.03. The van der Waals surface area contributed by atoms with Gasteiger partial charge in [-0.05, 0) is 19.1 Å². The number of benzene rings is 1. The Morgan fingerprint density at radius 1 is 1.27 bits per heavy atom. The fraction of sp³-hybridized carbons (Fsp3) is 0.286. The number of Topliss-reactive ketones (excluding diaryl/α,β-unsaturated/α-hetero) is 1. The summed E-state index contributed by atoms with van der Waals surface area (Å²) in [4.78, 5) is 45.9. The number of carbonyl (C=O) groups excluding carboxylic acids is 3. The van der Waals surface area contributed by atoms with E-state index in [0.29, 0.717) is 0 Å². The number of rotatable bonds is 4. The molecule has 1 aliphatic rings. The van der Waals surface area contributed by atoms with Crippen LogP contribution in [0, 0.1) is 0 Å². The Morgan fingerprint density at radius 3 is 2.59 bits per heavy atom. The van der Waals surface area contributed by atoms with E-state index in [1.54, 1.807) is 12.1 Å². The summed E-state index contributed by atoms with van der Waals surface area (Å²) in [7, 11) is 1.25. The van der Waals surface area contributed by atoms with Crippen LogP contribution in [0.1, 0.15) is 24.2 Å². The summed E-state index contributed by atoms with van der Waals surface area (Å²) in [5.41, 5.74) is -0.202. The van der Waals surface area contributed by atoms with E-state index in [2.05, 4.69) is 9.99 Å². The molecule has 1 aromatic rings. The summed E-state index contributed by atoms with van der Waals surface area (Å²) >= 11 is 0. The van der Waals surface area contributed by atoms with Crippen LogP contribution in [0.2, 0.25) is 0 Å². The van der Waals surface area contributed by atoms with Crippen LogP contribution in [0.25, 0.3) is 0 Å². The molecule has 1 heterocycles. The first kappa shape index (κ1) is 15.6. The van der Waals surface area contributed by atoms with Gasteiger partial charge in [-0.15, -0.1) is 0 Å². The number of ketones is 1. The molecule has 0 saturated carbocycles. The molecule has 0 aliphatic carbocycles. The molecule has 0 bridgehead atoms. The second-order valence-corrected chi connectivity index (χ2v) is 4.52. The molecule has 1 aromatic carbocycles. The second-order valence-electron chi connectivity index (χ2n) is 4.52. The van der Waals surface area contributed by atoms with Gasteiger partial charge < -0.3 is 9.57 Å². The summed E-state index contributed by atoms with van der Waals surface area (Å²) in [5, 5.41) is 3.59. The highest BCUT2D eigenvalue weighted by molar-refractivity contribution is 6.34. The normalized spacial score (nSPS) is 21.0. The maximum atomic E-state index is 12.8. The van der Waals surface area contributed by atoms with E-state index in [1.165, 1.54) is 33.1 Å². The Hall–Kier alpha value is -2.74. The monoisotopic (exact) mass is 306 g/mol. The molecule has 8 nitrogen and oxygen atoms in total. The van der Waals surface area contributed by atoms with E-state index in [9.17, 15) is 14.4 Å². The molecule has 1 unspecified atom stereocenters. The molecule has 22 heavy (non-hydrogen) atoms. The maximum Gasteiger partial charge on any atom is 0.361 e. The first-order valence-corrected chi connectivity index (χ1v) is 6.32. The minimum absolute atomic E-state index is 0.103. The molecule has 0 fully saturated rings. The predicted octanol–water partition coefficient (Wildman–Crippen LogP) is 0.617. The summed E-state index contributed by atoms with van der Waals surface area (Å²) in [6.07, 6.45) is 0. The molecule has 0 spiro atoms. The van der Waals surface area contributed by atoms with Gasteiger partial charge in [0, 0.05) is 6.92 Å². The van der Waals surface area contributed by atoms with Gasteiger partial charge in [0.2, 0.25) is 11.7 Å². The topological polar surface area (TPSA) is 103 Å². The van der Waals surface area contributed by atoms with Gasteiger partial charge in [-0.25, -0.2) is 15.1 Å². The number of amides is 1. The average Bonchev–Trinajstić information content (AvgIpc) is 2.47. The van der Waals surface area contributed by atoms with Crippen LogP contribution in [0.5, 0.6) is 5.75 Å². The smallest absolute Gasteiger partial charge is 0.361 e. The predicted molar refractivity (Wildman–Crippen MR) is 74.2 cm³/mol. The highest BCUT2D eigenvalue weighted by Crippen LogP contribution is 2.33. The van der Waals surface area contributed by atoms with E-state index in [4.69, 9.17) is 9.57 Å². The van der Waals surface area contributed by atoms with Crippen LogP contribution in [0.15, 0.2) is 29.4 Å². The lowest BCUT2D eigenvalue weighted by Gasteiger charge is -2.32. The molecule has 1 amide bonds. The molecule has 1 aliphatic heterocycles. The van der Waals surface area contributed by atoms with Gasteiger partial charge in [-0.1, -0.05) is 17.3 Å². The summed E-state index contributed by atoms with van der Waals surface area (Å²) < 4.78 is 5.15. The third kappa shape index (κ3) is 2.44. The second kappa shape index (κ2) is 5.94. The number of esters is 1. The molecule has 116 valence electrons. The Bertz CT molecular complexity index is 669. The lowest BCUT2D eigenvalue weighted by atomic mass is 9.86. The molecule has 8 heteroatoms. The van der Waals surface area contributed by atoms with Gasteiger partial charge in [0.15, 0.2) is 0 Å². The molecular weight excluding hydrogens is 292 g/mol. The molecule has 0 saturated heterocycles. The van der Waals surface area contributed by atoms with Crippen molar-refractivity contribution in [2.75, 3.05) is 7.11 Å². The molecule has 1 N–H and O–H groups in total. The van der Waals surface area contributed by atoms with Gasteiger partial charge >= 0.3 is 5.97 Å². The van der Waals surface area contributed by atoms with Crippen molar-refractivity contribution in [3.63, 3.8) is 0 Å². The number of ether oxygens (including phenoxy) is 1. The number of carbonyl (C=O) groups is 3. The lowest BCUT2D eigenvalue weighted by Crippen LogP contribution is -2.61. The van der Waals surface area contributed by atoms with E-state index < -0.39 is 23.3 Å². The zero-order valence-corrected chi connectivity index (χ0v) is 12.2. The number of nitrogens with one attached hydrogen (secondary N) is 1. The minimum atomic E-state index is -2.23. The summed E-state index contributed by atoms with van der Waals surface area (Å²) in [5.74, 6) is -2.19. The van der Waals surface area contributed by atoms with Crippen molar-refractivity contribution in [3.8, 4) is 5.75 Å². The van der Waals surface area contributed by atoms with Crippen molar-refractivity contribution in [1.82, 2.24) is 5.48 Å². The Kier molecular flexibility index (Phi) is 4.22. The highest BCUT2D eigenvalue weighted by Gasteiger charge is 2.57. The van der Waals surface area contributed by atoms with E-state index >= 15 is 0 Å². The van der Waals surface area contributed by atoms with E-state index in [1.807, 2.05) is 5.48 Å². The van der Waals surface area contributed by atoms with Crippen molar-refractivity contribution in [1.29, 1.82) is 0 Å². The number of hydrogen-bond donors (Lipinski definition) is 1. The standard InChI is InChI=1S/C14H14N2O6/c1-8(15-20-3)14(22-16-9(2)17)12(18)10-6-4-5-7-11(10)21-13(14)19/h4-7H,1-3H3,(H,16,17)/b15-8+. The van der Waals surface area contributed by atoms with Crippen LogP contribution < -0.4 is 10.2 Å². The van der Waals surface area contributed by atoms with Crippen molar-refractivity contribution < 1.29 is 28.8 Å². The zero-order chi connectivity index (χ0) is 16.3. The largest absolute Gasteiger partial charge is 0.423 e. The number of para-hydroxylation sites is 1. The Balaban J connectivity index is 2.57. The highest BCUT2D eigenvalue weighted by atomic mass is 16.7. The minimum Gasteiger partial charge on any atom is -0.423 e. The first-order valence-electron chi connectivity index (χ1n) is 6.32. The Morgan fingerprint density at radius 2 is 1.95 bits per heavy atom. The van der Waals surface area contributed by atoms with Crippen molar-refractivity contribution in [3.05, 3.63) is 29.8 Å². The fourth-order valence-electron chi connectivity index (χ4n) is 2.02. The van der Waals surface area contributed by atoms with Crippen LogP contribution in [-0.4, -0.2) is 36.1 Å². The van der Waals surface area contributed by atoms with E-state index in [0.717, 1.165) is 0 Å². The number of nitrogens with zero attached hydrogens (tertiary/aromatic N) is 1. The molecular formula is C14H14N2O6. The van der Waals surface area contributed by atoms with Gasteiger partial charge in [0.1, 0.15) is 18.6 Å². The molecule has 1 atom stereocenters. The molecule has 0 radical (unpaired) electrons. The van der Waals surface area contributed by atoms with Crippen molar-refractivity contribution in [2.24, 2.45) is 5.16 Å². The fourth-order valence-corrected chi connectivity index (χ4v) is 2.02. The lowest BCUT2D eigenvalue weighted by molar-refractivity contribution is -0.161. The van der Waals surface area contributed by atoms with Gasteiger partial charge in [-0.2, -0.15) is 0 Å². The van der Waals surface area contributed by atoms with Gasteiger partial charge in [0.05, 0.1) is 5.56 Å². The Labute approximate surface area is 126 Å². The quantitative estimate of drug-likeness (QED) is 0.287. The summed E-state index contributed by atoms with van der Waals surface area (Å²) in [6, 6.07) is 6.20. The van der Waals surface area contributed by atoms with Crippen LogP contribution in [0.4, 0.5) is 0 Å². The number of oxime groups is 1. The zero-order valence-electron chi connectivity index (χ0n) is 12.2. The number of hydrogen-bond acceptors (Lipinski definition) is 7. The number of hydroxylamine groups is 1. The van der Waals surface area contributed by atoms with Crippen molar-refractivity contribution in [2.45, 2.75) is 19.4 Å². The van der Waals surface area contributed by atoms with E-state index in [-0.39, 0.29) is 17.0 Å². The van der Waals surface area contributed by atoms with Crippen LogP contribution in [-0.2, 0) is 19.3 Å². The third-order valence-corrected chi connectivity index (χ3v) is 3.03. The SMILES string of the molecule is CO/N=C(\C)C1(ONC(C)=O)C(=O)Oc2ccccc2C1=O. The van der Waals surface area contributed by atoms with Crippen molar-refractivity contribution >= 4 is 23.4 Å². The summed E-state index contributed by atoms with van der Waals surface area (Å²) in [6.45, 7) is 2.53. The first-order chi connectivity index (χ1) is 10.4.